The van der Waals surface area contributed by atoms with E-state index in [1.165, 1.54) is 18.2 Å². The van der Waals surface area contributed by atoms with Crippen molar-refractivity contribution in [2.24, 2.45) is 0 Å². The number of nitrogens with zero attached hydrogens (tertiary/aromatic N) is 1. The van der Waals surface area contributed by atoms with Crippen LogP contribution in [0.15, 0.2) is 18.2 Å². The first kappa shape index (κ1) is 15.5. The molecule has 0 radical (unpaired) electrons. The van der Waals surface area contributed by atoms with E-state index in [4.69, 9.17) is 5.11 Å². The van der Waals surface area contributed by atoms with Crippen molar-refractivity contribution in [1.82, 2.24) is 10.2 Å². The highest BCUT2D eigenvalue weighted by molar-refractivity contribution is 5.97. The fourth-order valence-electron chi connectivity index (χ4n) is 2.50. The monoisotopic (exact) mass is 290 g/mol. The number of rotatable bonds is 2. The standard InChI is InChI=1S/C16H19FN2O2/c1-19-8-2-5-14(11-19)18-16(21)15-10-13(17)7-6-12(15)4-3-9-20/h6-7,10,14,20H,2,5,8-9,11H2,1H3,(H,18,21). The third kappa shape index (κ3) is 4.28. The number of carbonyl (C=O) groups excluding carboxylic acids is 1. The maximum atomic E-state index is 13.4. The summed E-state index contributed by atoms with van der Waals surface area (Å²) in [4.78, 5) is 14.5. The van der Waals surface area contributed by atoms with Crippen LogP contribution in [0.4, 0.5) is 4.39 Å². The highest BCUT2D eigenvalue weighted by Gasteiger charge is 2.20. The van der Waals surface area contributed by atoms with Crippen LogP contribution in [-0.4, -0.2) is 48.7 Å². The molecule has 21 heavy (non-hydrogen) atoms. The van der Waals surface area contributed by atoms with Crippen LogP contribution in [0.25, 0.3) is 0 Å². The lowest BCUT2D eigenvalue weighted by Crippen LogP contribution is -2.46. The highest BCUT2D eigenvalue weighted by Crippen LogP contribution is 2.13. The lowest BCUT2D eigenvalue weighted by atomic mass is 10.0. The normalized spacial score (nSPS) is 18.7. The van der Waals surface area contributed by atoms with Crippen LogP contribution >= 0.6 is 0 Å². The van der Waals surface area contributed by atoms with E-state index >= 15 is 0 Å². The topological polar surface area (TPSA) is 52.6 Å². The summed E-state index contributed by atoms with van der Waals surface area (Å²) in [6, 6.07) is 3.97. The van der Waals surface area contributed by atoms with Gasteiger partial charge in [0.15, 0.2) is 0 Å². The summed E-state index contributed by atoms with van der Waals surface area (Å²) < 4.78 is 13.4. The number of hydrogen-bond donors (Lipinski definition) is 2. The Kier molecular flexibility index (Phi) is 5.32. The van der Waals surface area contributed by atoms with Crippen LogP contribution in [0.1, 0.15) is 28.8 Å². The molecule has 112 valence electrons. The van der Waals surface area contributed by atoms with Crippen molar-refractivity contribution >= 4 is 5.91 Å². The van der Waals surface area contributed by atoms with Crippen LogP contribution in [0.3, 0.4) is 0 Å². The predicted octanol–water partition coefficient (Wildman–Crippen LogP) is 0.993. The molecule has 1 aromatic carbocycles. The molecule has 0 aromatic heterocycles. The summed E-state index contributed by atoms with van der Waals surface area (Å²) in [5.41, 5.74) is 0.635. The smallest absolute Gasteiger partial charge is 0.252 e. The Morgan fingerprint density at radius 1 is 1.57 bits per heavy atom. The van der Waals surface area contributed by atoms with Crippen LogP contribution < -0.4 is 5.32 Å². The number of aliphatic hydroxyl groups excluding tert-OH is 1. The molecule has 1 aliphatic rings. The summed E-state index contributed by atoms with van der Waals surface area (Å²) in [5.74, 6) is 4.37. The molecule has 1 aliphatic heterocycles. The molecule has 4 nitrogen and oxygen atoms in total. The minimum atomic E-state index is -0.476. The molecule has 1 unspecified atom stereocenters. The third-order valence-corrected chi connectivity index (χ3v) is 3.49. The third-order valence-electron chi connectivity index (χ3n) is 3.49. The molecule has 1 amide bonds. The van der Waals surface area contributed by atoms with E-state index in [1.807, 2.05) is 7.05 Å². The number of likely N-dealkylation sites (tertiary alicyclic amines) is 1. The Morgan fingerprint density at radius 3 is 3.10 bits per heavy atom. The number of benzene rings is 1. The minimum absolute atomic E-state index is 0.0677. The van der Waals surface area contributed by atoms with Gasteiger partial charge in [-0.1, -0.05) is 11.8 Å². The van der Waals surface area contributed by atoms with E-state index in [0.29, 0.717) is 5.56 Å². The molecule has 1 fully saturated rings. The van der Waals surface area contributed by atoms with Crippen LogP contribution in [0.2, 0.25) is 0 Å². The molecule has 2 rings (SSSR count). The van der Waals surface area contributed by atoms with Crippen molar-refractivity contribution in [3.8, 4) is 11.8 Å². The highest BCUT2D eigenvalue weighted by atomic mass is 19.1. The van der Waals surface area contributed by atoms with Gasteiger partial charge >= 0.3 is 0 Å². The molecule has 0 saturated carbocycles. The maximum absolute atomic E-state index is 13.4. The summed E-state index contributed by atoms with van der Waals surface area (Å²) in [6.07, 6.45) is 1.95. The molecule has 0 aliphatic carbocycles. The van der Waals surface area contributed by atoms with Crippen molar-refractivity contribution in [1.29, 1.82) is 0 Å². The lowest BCUT2D eigenvalue weighted by molar-refractivity contribution is 0.0912. The Labute approximate surface area is 124 Å². The zero-order valence-corrected chi connectivity index (χ0v) is 12.0. The van der Waals surface area contributed by atoms with Crippen molar-refractivity contribution in [3.63, 3.8) is 0 Å². The average Bonchev–Trinajstić information content (AvgIpc) is 2.46. The maximum Gasteiger partial charge on any atom is 0.252 e. The van der Waals surface area contributed by atoms with Crippen molar-refractivity contribution < 1.29 is 14.3 Å². The molecular formula is C16H19FN2O2. The zero-order chi connectivity index (χ0) is 15.2. The van der Waals surface area contributed by atoms with Gasteiger partial charge in [-0.05, 0) is 44.6 Å². The summed E-state index contributed by atoms with van der Waals surface area (Å²) in [5, 5.41) is 11.7. The Balaban J connectivity index is 2.15. The van der Waals surface area contributed by atoms with E-state index in [2.05, 4.69) is 22.1 Å². The molecule has 2 N–H and O–H groups in total. The van der Waals surface area contributed by atoms with Crippen LogP contribution in [0.5, 0.6) is 0 Å². The van der Waals surface area contributed by atoms with Gasteiger partial charge in [-0.2, -0.15) is 0 Å². The molecule has 1 heterocycles. The number of amides is 1. The number of nitrogens with one attached hydrogen (secondary N) is 1. The SMILES string of the molecule is CN1CCCC(NC(=O)c2cc(F)ccc2C#CCO)C1. The van der Waals surface area contributed by atoms with Gasteiger partial charge < -0.3 is 15.3 Å². The van der Waals surface area contributed by atoms with Gasteiger partial charge in [-0.15, -0.1) is 0 Å². The molecule has 1 atom stereocenters. The molecular weight excluding hydrogens is 271 g/mol. The first-order valence-corrected chi connectivity index (χ1v) is 6.99. The molecule has 1 saturated heterocycles. The number of carbonyl (C=O) groups is 1. The van der Waals surface area contributed by atoms with Gasteiger partial charge in [0.25, 0.3) is 5.91 Å². The second-order valence-corrected chi connectivity index (χ2v) is 5.22. The Bertz CT molecular complexity index is 577. The quantitative estimate of drug-likeness (QED) is 0.799. The van der Waals surface area contributed by atoms with Gasteiger partial charge in [0.05, 0.1) is 5.56 Å². The minimum Gasteiger partial charge on any atom is -0.384 e. The number of hydrogen-bond acceptors (Lipinski definition) is 3. The second-order valence-electron chi connectivity index (χ2n) is 5.22. The Morgan fingerprint density at radius 2 is 2.38 bits per heavy atom. The fourth-order valence-corrected chi connectivity index (χ4v) is 2.50. The van der Waals surface area contributed by atoms with Gasteiger partial charge in [-0.3, -0.25) is 4.79 Å². The first-order valence-electron chi connectivity index (χ1n) is 6.99. The van der Waals surface area contributed by atoms with E-state index < -0.39 is 5.82 Å². The van der Waals surface area contributed by atoms with E-state index in [-0.39, 0.29) is 24.1 Å². The molecule has 5 heteroatoms. The van der Waals surface area contributed by atoms with E-state index in [0.717, 1.165) is 25.9 Å². The van der Waals surface area contributed by atoms with Crippen molar-refractivity contribution in [3.05, 3.63) is 35.1 Å². The molecule has 0 bridgehead atoms. The number of piperidine rings is 1. The van der Waals surface area contributed by atoms with Crippen LogP contribution in [0, 0.1) is 17.7 Å². The van der Waals surface area contributed by atoms with Gasteiger partial charge in [-0.25, -0.2) is 4.39 Å². The van der Waals surface area contributed by atoms with Gasteiger partial charge in [0.1, 0.15) is 12.4 Å². The summed E-state index contributed by atoms with van der Waals surface area (Å²) >= 11 is 0. The van der Waals surface area contributed by atoms with Crippen molar-refractivity contribution in [2.45, 2.75) is 18.9 Å². The first-order chi connectivity index (χ1) is 10.1. The predicted molar refractivity (Wildman–Crippen MR) is 78.3 cm³/mol. The summed E-state index contributed by atoms with van der Waals surface area (Å²) in [6.45, 7) is 1.52. The lowest BCUT2D eigenvalue weighted by Gasteiger charge is -2.30. The number of halogens is 1. The van der Waals surface area contributed by atoms with Gasteiger partial charge in [0, 0.05) is 18.2 Å². The Hall–Kier alpha value is -1.90. The van der Waals surface area contributed by atoms with Gasteiger partial charge in [0.2, 0.25) is 0 Å². The van der Waals surface area contributed by atoms with E-state index in [9.17, 15) is 9.18 Å². The molecule has 1 aromatic rings. The zero-order valence-electron chi connectivity index (χ0n) is 12.0. The number of likely N-dealkylation sites (N-methyl/N-ethyl adjacent to an activating group) is 1. The van der Waals surface area contributed by atoms with Crippen LogP contribution in [-0.2, 0) is 0 Å². The largest absolute Gasteiger partial charge is 0.384 e. The fraction of sp³-hybridized carbons (Fsp3) is 0.438. The second kappa shape index (κ2) is 7.21. The molecule has 0 spiro atoms. The van der Waals surface area contributed by atoms with E-state index in [1.54, 1.807) is 0 Å². The number of aliphatic hydroxyl groups is 1. The summed E-state index contributed by atoms with van der Waals surface area (Å²) in [7, 11) is 2.01. The average molecular weight is 290 g/mol. The van der Waals surface area contributed by atoms with Crippen molar-refractivity contribution in [2.75, 3.05) is 26.7 Å².